The molecule has 106 valence electrons. The van der Waals surface area contributed by atoms with Crippen LogP contribution in [0, 0.1) is 13.8 Å². The third kappa shape index (κ3) is 2.96. The molecule has 2 aromatic rings. The number of para-hydroxylation sites is 1. The molecule has 0 spiro atoms. The number of hydrogen-bond acceptors (Lipinski definition) is 3. The van der Waals surface area contributed by atoms with Gasteiger partial charge in [-0.1, -0.05) is 28.1 Å². The Morgan fingerprint density at radius 1 is 1.10 bits per heavy atom. The molecule has 2 N–H and O–H groups in total. The Morgan fingerprint density at radius 3 is 2.20 bits per heavy atom. The molecule has 4 nitrogen and oxygen atoms in total. The van der Waals surface area contributed by atoms with Gasteiger partial charge < -0.3 is 5.11 Å². The summed E-state index contributed by atoms with van der Waals surface area (Å²) in [5, 5.41) is 9.68. The van der Waals surface area contributed by atoms with E-state index in [2.05, 4.69) is 20.7 Å². The van der Waals surface area contributed by atoms with Gasteiger partial charge in [0.25, 0.3) is 10.0 Å². The predicted octanol–water partition coefficient (Wildman–Crippen LogP) is 3.57. The van der Waals surface area contributed by atoms with Crippen molar-refractivity contribution >= 4 is 31.6 Å². The molecule has 0 aliphatic carbocycles. The van der Waals surface area contributed by atoms with Gasteiger partial charge in [-0.3, -0.25) is 4.72 Å². The number of sulfonamides is 1. The molecule has 0 saturated heterocycles. The van der Waals surface area contributed by atoms with Crippen LogP contribution in [0.25, 0.3) is 0 Å². The summed E-state index contributed by atoms with van der Waals surface area (Å²) in [4.78, 5) is -0.137. The number of benzene rings is 2. The summed E-state index contributed by atoms with van der Waals surface area (Å²) in [7, 11) is -3.82. The van der Waals surface area contributed by atoms with Crippen LogP contribution in [0.4, 0.5) is 5.69 Å². The van der Waals surface area contributed by atoms with E-state index >= 15 is 0 Å². The summed E-state index contributed by atoms with van der Waals surface area (Å²) in [5.41, 5.74) is 2.13. The van der Waals surface area contributed by atoms with Crippen molar-refractivity contribution in [1.82, 2.24) is 0 Å². The molecule has 0 aliphatic rings. The van der Waals surface area contributed by atoms with Crippen LogP contribution in [0.1, 0.15) is 11.1 Å². The predicted molar refractivity (Wildman–Crippen MR) is 82.5 cm³/mol. The highest BCUT2D eigenvalue weighted by Crippen LogP contribution is 2.29. The van der Waals surface area contributed by atoms with Crippen molar-refractivity contribution in [3.8, 4) is 5.75 Å². The molecule has 2 aromatic carbocycles. The lowest BCUT2D eigenvalue weighted by Gasteiger charge is -2.14. The second kappa shape index (κ2) is 5.46. The van der Waals surface area contributed by atoms with Crippen LogP contribution in [-0.4, -0.2) is 13.5 Å². The lowest BCUT2D eigenvalue weighted by atomic mass is 10.1. The Kier molecular flexibility index (Phi) is 4.06. The van der Waals surface area contributed by atoms with Crippen molar-refractivity contribution < 1.29 is 13.5 Å². The summed E-state index contributed by atoms with van der Waals surface area (Å²) in [6, 6.07) is 9.50. The average Bonchev–Trinajstić information content (AvgIpc) is 2.34. The van der Waals surface area contributed by atoms with Crippen LogP contribution in [-0.2, 0) is 10.0 Å². The van der Waals surface area contributed by atoms with Gasteiger partial charge in [-0.05, 0) is 49.2 Å². The monoisotopic (exact) mass is 355 g/mol. The molecule has 0 unspecified atom stereocenters. The second-order valence-corrected chi connectivity index (χ2v) is 7.05. The Bertz CT molecular complexity index is 734. The van der Waals surface area contributed by atoms with Gasteiger partial charge in [0, 0.05) is 4.47 Å². The molecule has 0 bridgehead atoms. The van der Waals surface area contributed by atoms with Crippen LogP contribution >= 0.6 is 15.9 Å². The van der Waals surface area contributed by atoms with Crippen LogP contribution in [0.3, 0.4) is 0 Å². The van der Waals surface area contributed by atoms with Gasteiger partial charge in [0.05, 0.1) is 5.69 Å². The van der Waals surface area contributed by atoms with Crippen molar-refractivity contribution in [2.75, 3.05) is 4.72 Å². The zero-order chi connectivity index (χ0) is 14.9. The maximum atomic E-state index is 12.3. The summed E-state index contributed by atoms with van der Waals surface area (Å²) in [6.45, 7) is 3.64. The smallest absolute Gasteiger partial charge is 0.265 e. The van der Waals surface area contributed by atoms with E-state index in [4.69, 9.17) is 0 Å². The van der Waals surface area contributed by atoms with E-state index in [-0.39, 0.29) is 10.6 Å². The third-order valence-corrected chi connectivity index (χ3v) is 4.74. The highest BCUT2D eigenvalue weighted by Gasteiger charge is 2.20. The number of halogens is 1. The maximum Gasteiger partial charge on any atom is 0.265 e. The molecule has 20 heavy (non-hydrogen) atoms. The summed E-state index contributed by atoms with van der Waals surface area (Å²) in [5.74, 6) is -0.271. The lowest BCUT2D eigenvalue weighted by Crippen LogP contribution is -2.14. The van der Waals surface area contributed by atoms with Crippen molar-refractivity contribution in [3.05, 3.63) is 52.0 Å². The number of nitrogens with one attached hydrogen (secondary N) is 1. The molecule has 0 heterocycles. The SMILES string of the molecule is Cc1cc(Br)cc(C)c1NS(=O)(=O)c1ccccc1O. The molecule has 0 fully saturated rings. The van der Waals surface area contributed by atoms with Gasteiger partial charge in [0.2, 0.25) is 0 Å². The first-order valence-corrected chi connectivity index (χ1v) is 8.16. The van der Waals surface area contributed by atoms with E-state index in [9.17, 15) is 13.5 Å². The molecule has 0 amide bonds. The molecule has 0 radical (unpaired) electrons. The largest absolute Gasteiger partial charge is 0.507 e. The molecule has 6 heteroatoms. The molecular weight excluding hydrogens is 342 g/mol. The third-order valence-electron chi connectivity index (χ3n) is 2.89. The van der Waals surface area contributed by atoms with Crippen molar-refractivity contribution in [3.63, 3.8) is 0 Å². The maximum absolute atomic E-state index is 12.3. The topological polar surface area (TPSA) is 66.4 Å². The van der Waals surface area contributed by atoms with Gasteiger partial charge in [-0.25, -0.2) is 8.42 Å². The van der Waals surface area contributed by atoms with E-state index in [1.54, 1.807) is 12.1 Å². The minimum atomic E-state index is -3.82. The minimum Gasteiger partial charge on any atom is -0.507 e. The molecule has 0 saturated carbocycles. The molecular formula is C14H14BrNO3S. The second-order valence-electron chi connectivity index (χ2n) is 4.49. The number of aromatic hydroxyl groups is 1. The summed E-state index contributed by atoms with van der Waals surface area (Å²) in [6.07, 6.45) is 0. The number of hydrogen-bond donors (Lipinski definition) is 2. The van der Waals surface area contributed by atoms with E-state index in [1.165, 1.54) is 12.1 Å². The summed E-state index contributed by atoms with van der Waals surface area (Å²) >= 11 is 3.37. The molecule has 0 aliphatic heterocycles. The van der Waals surface area contributed by atoms with Crippen molar-refractivity contribution in [1.29, 1.82) is 0 Å². The van der Waals surface area contributed by atoms with Crippen LogP contribution in [0.5, 0.6) is 5.75 Å². The standard InChI is InChI=1S/C14H14BrNO3S/c1-9-7-11(15)8-10(2)14(9)16-20(18,19)13-6-4-3-5-12(13)17/h3-8,16-17H,1-2H3. The molecule has 0 atom stereocenters. The average molecular weight is 356 g/mol. The van der Waals surface area contributed by atoms with Crippen LogP contribution in [0.2, 0.25) is 0 Å². The number of phenolic OH excluding ortho intramolecular Hbond substituents is 1. The first-order valence-electron chi connectivity index (χ1n) is 5.89. The number of anilines is 1. The van der Waals surface area contributed by atoms with E-state index in [1.807, 2.05) is 26.0 Å². The van der Waals surface area contributed by atoms with Crippen LogP contribution < -0.4 is 4.72 Å². The van der Waals surface area contributed by atoms with Gasteiger partial charge in [-0.15, -0.1) is 0 Å². The fourth-order valence-corrected chi connectivity index (χ4v) is 3.93. The Morgan fingerprint density at radius 2 is 1.65 bits per heavy atom. The van der Waals surface area contributed by atoms with E-state index in [0.29, 0.717) is 5.69 Å². The van der Waals surface area contributed by atoms with Gasteiger partial charge in [-0.2, -0.15) is 0 Å². The highest BCUT2D eigenvalue weighted by molar-refractivity contribution is 9.10. The van der Waals surface area contributed by atoms with E-state index < -0.39 is 10.0 Å². The highest BCUT2D eigenvalue weighted by atomic mass is 79.9. The number of rotatable bonds is 3. The number of aryl methyl sites for hydroxylation is 2. The van der Waals surface area contributed by atoms with Crippen molar-refractivity contribution in [2.24, 2.45) is 0 Å². The first-order chi connectivity index (χ1) is 9.31. The summed E-state index contributed by atoms with van der Waals surface area (Å²) < 4.78 is 28.1. The fourth-order valence-electron chi connectivity index (χ4n) is 1.95. The normalized spacial score (nSPS) is 11.3. The molecule has 2 rings (SSSR count). The fraction of sp³-hybridized carbons (Fsp3) is 0.143. The zero-order valence-electron chi connectivity index (χ0n) is 11.0. The van der Waals surface area contributed by atoms with E-state index in [0.717, 1.165) is 15.6 Å². The van der Waals surface area contributed by atoms with Gasteiger partial charge >= 0.3 is 0 Å². The van der Waals surface area contributed by atoms with Crippen LogP contribution in [0.15, 0.2) is 45.8 Å². The Labute approximate surface area is 126 Å². The minimum absolute atomic E-state index is 0.137. The Balaban J connectivity index is 2.47. The quantitative estimate of drug-likeness (QED) is 0.884. The molecule has 0 aromatic heterocycles. The van der Waals surface area contributed by atoms with Gasteiger partial charge in [0.1, 0.15) is 10.6 Å². The zero-order valence-corrected chi connectivity index (χ0v) is 13.4. The lowest BCUT2D eigenvalue weighted by molar-refractivity contribution is 0.459. The Hall–Kier alpha value is -1.53. The van der Waals surface area contributed by atoms with Crippen molar-refractivity contribution in [2.45, 2.75) is 18.7 Å². The first kappa shape index (κ1) is 14.9. The number of phenols is 1. The van der Waals surface area contributed by atoms with Gasteiger partial charge in [0.15, 0.2) is 0 Å².